The Morgan fingerprint density at radius 1 is 1.00 bits per heavy atom. The number of benzene rings is 2. The topological polar surface area (TPSA) is 12.5 Å². The van der Waals surface area contributed by atoms with E-state index in [0.717, 1.165) is 25.3 Å². The van der Waals surface area contributed by atoms with E-state index < -0.39 is 0 Å². The van der Waals surface area contributed by atoms with E-state index >= 15 is 0 Å². The van der Waals surface area contributed by atoms with E-state index in [0.29, 0.717) is 24.4 Å². The smallest absolute Gasteiger partial charge is 0.119 e. The molecule has 0 fully saturated rings. The van der Waals surface area contributed by atoms with Gasteiger partial charge in [-0.1, -0.05) is 56.3 Å². The summed E-state index contributed by atoms with van der Waals surface area (Å²) < 4.78 is 6.02. The van der Waals surface area contributed by atoms with Crippen molar-refractivity contribution in [3.63, 3.8) is 0 Å². The molecule has 2 atom stereocenters. The van der Waals surface area contributed by atoms with Crippen LogP contribution in [-0.4, -0.2) is 30.0 Å². The first-order valence-corrected chi connectivity index (χ1v) is 9.74. The summed E-state index contributed by atoms with van der Waals surface area (Å²) in [6, 6.07) is 19.3. The molecule has 0 N–H and O–H groups in total. The monoisotopic (exact) mass is 359 g/mol. The van der Waals surface area contributed by atoms with Crippen LogP contribution in [0.25, 0.3) is 0 Å². The molecule has 0 radical (unpaired) electrons. The van der Waals surface area contributed by atoms with Crippen molar-refractivity contribution in [1.29, 1.82) is 0 Å². The van der Waals surface area contributed by atoms with Crippen LogP contribution >= 0.6 is 11.6 Å². The van der Waals surface area contributed by atoms with Crippen molar-refractivity contribution in [1.82, 2.24) is 4.90 Å². The van der Waals surface area contributed by atoms with E-state index in [-0.39, 0.29) is 0 Å². The summed E-state index contributed by atoms with van der Waals surface area (Å²) in [7, 11) is 0. The number of nitrogens with zero attached hydrogens (tertiary/aromatic N) is 1. The van der Waals surface area contributed by atoms with Gasteiger partial charge in [-0.3, -0.25) is 4.90 Å². The number of ether oxygens (including phenoxy) is 1. The van der Waals surface area contributed by atoms with Gasteiger partial charge in [-0.25, -0.2) is 0 Å². The standard InChI is InChI=1S/C22H30ClNO/c1-4-18(2)21-10-12-22(13-11-21)25-17-19(3)24(15-14-23)16-20-8-6-5-7-9-20/h5-13,18-19H,4,14-17H2,1-3H3/t18-,19+/m0/s1. The number of rotatable bonds is 10. The molecule has 0 amide bonds. The predicted octanol–water partition coefficient (Wildman–Crippen LogP) is 5.71. The van der Waals surface area contributed by atoms with Crippen LogP contribution < -0.4 is 4.74 Å². The second kappa shape index (κ2) is 10.5. The van der Waals surface area contributed by atoms with E-state index in [9.17, 15) is 0 Å². The molecule has 0 spiro atoms. The largest absolute Gasteiger partial charge is 0.492 e. The molecule has 0 saturated heterocycles. The average molecular weight is 360 g/mol. The molecule has 0 aromatic heterocycles. The lowest BCUT2D eigenvalue weighted by Gasteiger charge is -2.28. The first kappa shape index (κ1) is 19.8. The highest BCUT2D eigenvalue weighted by atomic mass is 35.5. The number of halogens is 1. The Morgan fingerprint density at radius 2 is 1.68 bits per heavy atom. The first-order valence-electron chi connectivity index (χ1n) is 9.20. The summed E-state index contributed by atoms with van der Waals surface area (Å²) in [5, 5.41) is 0. The molecule has 2 aromatic carbocycles. The van der Waals surface area contributed by atoms with Crippen molar-refractivity contribution < 1.29 is 4.74 Å². The minimum absolute atomic E-state index is 0.299. The van der Waals surface area contributed by atoms with Crippen LogP contribution in [0.1, 0.15) is 44.2 Å². The zero-order valence-electron chi connectivity index (χ0n) is 15.6. The molecule has 2 nitrogen and oxygen atoms in total. The Kier molecular flexibility index (Phi) is 8.30. The third kappa shape index (κ3) is 6.37. The maximum absolute atomic E-state index is 6.02. The van der Waals surface area contributed by atoms with Gasteiger partial charge in [0.1, 0.15) is 12.4 Å². The molecule has 0 aliphatic rings. The number of hydrogen-bond donors (Lipinski definition) is 0. The van der Waals surface area contributed by atoms with Crippen molar-refractivity contribution in [3.8, 4) is 5.75 Å². The van der Waals surface area contributed by atoms with E-state index in [2.05, 4.69) is 74.2 Å². The van der Waals surface area contributed by atoms with Gasteiger partial charge in [0.25, 0.3) is 0 Å². The lowest BCUT2D eigenvalue weighted by molar-refractivity contribution is 0.146. The van der Waals surface area contributed by atoms with Crippen molar-refractivity contribution >= 4 is 11.6 Å². The molecule has 25 heavy (non-hydrogen) atoms. The molecule has 0 aliphatic heterocycles. The van der Waals surface area contributed by atoms with Gasteiger partial charge in [-0.15, -0.1) is 11.6 Å². The van der Waals surface area contributed by atoms with Crippen LogP contribution in [0.2, 0.25) is 0 Å². The average Bonchev–Trinajstić information content (AvgIpc) is 2.66. The summed E-state index contributed by atoms with van der Waals surface area (Å²) in [5.41, 5.74) is 2.67. The van der Waals surface area contributed by atoms with Crippen LogP contribution in [0.5, 0.6) is 5.75 Å². The lowest BCUT2D eigenvalue weighted by atomic mass is 9.99. The van der Waals surface area contributed by atoms with Gasteiger partial charge in [-0.2, -0.15) is 0 Å². The molecule has 136 valence electrons. The van der Waals surface area contributed by atoms with Gasteiger partial charge in [0.15, 0.2) is 0 Å². The molecule has 0 saturated carbocycles. The molecule has 0 aliphatic carbocycles. The molecule has 3 heteroatoms. The highest BCUT2D eigenvalue weighted by Gasteiger charge is 2.15. The molecule has 0 bridgehead atoms. The minimum Gasteiger partial charge on any atom is -0.492 e. The minimum atomic E-state index is 0.299. The van der Waals surface area contributed by atoms with Gasteiger partial charge in [0, 0.05) is 25.0 Å². The normalized spacial score (nSPS) is 13.6. The van der Waals surface area contributed by atoms with Gasteiger partial charge in [-0.05, 0) is 42.5 Å². The van der Waals surface area contributed by atoms with Crippen molar-refractivity contribution in [2.75, 3.05) is 19.0 Å². The van der Waals surface area contributed by atoms with Crippen LogP contribution in [0.15, 0.2) is 54.6 Å². The third-order valence-corrected chi connectivity index (χ3v) is 4.95. The Morgan fingerprint density at radius 3 is 2.28 bits per heavy atom. The summed E-state index contributed by atoms with van der Waals surface area (Å²) in [6.07, 6.45) is 1.16. The lowest BCUT2D eigenvalue weighted by Crippen LogP contribution is -2.38. The predicted molar refractivity (Wildman–Crippen MR) is 108 cm³/mol. The maximum Gasteiger partial charge on any atom is 0.119 e. The molecular weight excluding hydrogens is 330 g/mol. The number of hydrogen-bond acceptors (Lipinski definition) is 2. The van der Waals surface area contributed by atoms with E-state index in [4.69, 9.17) is 16.3 Å². The van der Waals surface area contributed by atoms with Crippen LogP contribution in [0.3, 0.4) is 0 Å². The van der Waals surface area contributed by atoms with Gasteiger partial charge in [0.05, 0.1) is 0 Å². The second-order valence-electron chi connectivity index (χ2n) is 6.68. The summed E-state index contributed by atoms with van der Waals surface area (Å²) in [5.74, 6) is 2.16. The van der Waals surface area contributed by atoms with Crippen LogP contribution in [0, 0.1) is 0 Å². The Balaban J connectivity index is 1.90. The van der Waals surface area contributed by atoms with Crippen LogP contribution in [-0.2, 0) is 6.54 Å². The van der Waals surface area contributed by atoms with E-state index in [1.165, 1.54) is 11.1 Å². The van der Waals surface area contributed by atoms with Crippen molar-refractivity contribution in [2.45, 2.75) is 45.7 Å². The summed E-state index contributed by atoms with van der Waals surface area (Å²) in [6.45, 7) is 9.08. The molecular formula is C22H30ClNO. The number of alkyl halides is 1. The van der Waals surface area contributed by atoms with Gasteiger partial charge < -0.3 is 4.74 Å². The Labute approximate surface area is 157 Å². The second-order valence-corrected chi connectivity index (χ2v) is 7.06. The summed E-state index contributed by atoms with van der Waals surface area (Å²) >= 11 is 6.00. The highest BCUT2D eigenvalue weighted by Crippen LogP contribution is 2.21. The molecule has 2 aromatic rings. The fourth-order valence-corrected chi connectivity index (χ4v) is 3.05. The maximum atomic E-state index is 6.02. The van der Waals surface area contributed by atoms with Crippen molar-refractivity contribution in [2.24, 2.45) is 0 Å². The molecule has 2 rings (SSSR count). The van der Waals surface area contributed by atoms with Crippen LogP contribution in [0.4, 0.5) is 0 Å². The third-order valence-electron chi connectivity index (χ3n) is 4.78. The Hall–Kier alpha value is -1.51. The zero-order valence-corrected chi connectivity index (χ0v) is 16.4. The van der Waals surface area contributed by atoms with Gasteiger partial charge in [0.2, 0.25) is 0 Å². The fourth-order valence-electron chi connectivity index (χ4n) is 2.83. The fraction of sp³-hybridized carbons (Fsp3) is 0.455. The van der Waals surface area contributed by atoms with E-state index in [1.807, 2.05) is 6.07 Å². The zero-order chi connectivity index (χ0) is 18.1. The molecule has 0 heterocycles. The highest BCUT2D eigenvalue weighted by molar-refractivity contribution is 6.18. The quantitative estimate of drug-likeness (QED) is 0.504. The molecule has 0 unspecified atom stereocenters. The van der Waals surface area contributed by atoms with Gasteiger partial charge >= 0.3 is 0 Å². The van der Waals surface area contributed by atoms with E-state index in [1.54, 1.807) is 0 Å². The first-order chi connectivity index (χ1) is 12.1. The SMILES string of the molecule is CC[C@H](C)c1ccc(OC[C@@H](C)N(CCCl)Cc2ccccc2)cc1. The summed E-state index contributed by atoms with van der Waals surface area (Å²) in [4.78, 5) is 2.37. The Bertz CT molecular complexity index is 599. The van der Waals surface area contributed by atoms with Crippen molar-refractivity contribution in [3.05, 3.63) is 65.7 Å².